The van der Waals surface area contributed by atoms with E-state index in [4.69, 9.17) is 10.5 Å². The third-order valence-corrected chi connectivity index (χ3v) is 6.94. The zero-order valence-corrected chi connectivity index (χ0v) is 22.9. The molecule has 2 heterocycles. The number of carbonyl (C=O) groups excluding carboxylic acids is 1. The lowest BCUT2D eigenvalue weighted by Crippen LogP contribution is -2.15. The molecule has 2 aromatic rings. The van der Waals surface area contributed by atoms with Crippen molar-refractivity contribution in [1.29, 1.82) is 0 Å². The summed E-state index contributed by atoms with van der Waals surface area (Å²) in [4.78, 5) is 37.6. The number of aromatic nitrogens is 4. The van der Waals surface area contributed by atoms with Crippen LogP contribution in [-0.4, -0.2) is 44.2 Å². The average Bonchev–Trinajstić information content (AvgIpc) is 3.28. The van der Waals surface area contributed by atoms with E-state index < -0.39 is 0 Å². The Morgan fingerprint density at radius 3 is 2.03 bits per heavy atom. The molecule has 210 valence electrons. The molecule has 0 amide bonds. The molecule has 2 aromatic heterocycles. The first-order valence-electron chi connectivity index (χ1n) is 14.5. The Morgan fingerprint density at radius 2 is 1.46 bits per heavy atom. The van der Waals surface area contributed by atoms with Crippen LogP contribution in [0.25, 0.3) is 11.2 Å². The van der Waals surface area contributed by atoms with Crippen LogP contribution in [0.1, 0.15) is 122 Å². The molecule has 1 atom stereocenters. The Balaban J connectivity index is 1.44. The summed E-state index contributed by atoms with van der Waals surface area (Å²) in [5.74, 6) is 0.231. The van der Waals surface area contributed by atoms with E-state index in [-0.39, 0.29) is 47.8 Å². The van der Waals surface area contributed by atoms with Crippen molar-refractivity contribution in [2.24, 2.45) is 5.92 Å². The predicted octanol–water partition coefficient (Wildman–Crippen LogP) is 5.57. The maximum atomic E-state index is 12.0. The SMILES string of the molecule is CCCCCCCCCCCCCCCCCC(=O)OCCC(CO)Cc1nc2nc(N)[nH]c(=O)c2[nH]1. The van der Waals surface area contributed by atoms with E-state index >= 15 is 0 Å². The van der Waals surface area contributed by atoms with E-state index in [9.17, 15) is 14.7 Å². The number of aromatic amines is 2. The highest BCUT2D eigenvalue weighted by atomic mass is 16.5. The van der Waals surface area contributed by atoms with Gasteiger partial charge >= 0.3 is 5.97 Å². The molecule has 0 fully saturated rings. The van der Waals surface area contributed by atoms with Crippen molar-refractivity contribution in [3.05, 3.63) is 16.2 Å². The lowest BCUT2D eigenvalue weighted by atomic mass is 10.0. The lowest BCUT2D eigenvalue weighted by molar-refractivity contribution is -0.144. The molecule has 1 unspecified atom stereocenters. The summed E-state index contributed by atoms with van der Waals surface area (Å²) >= 11 is 0. The second kappa shape index (κ2) is 18.8. The number of nitrogens with two attached hydrogens (primary N) is 1. The molecule has 0 aromatic carbocycles. The van der Waals surface area contributed by atoms with Crippen molar-refractivity contribution in [3.8, 4) is 0 Å². The minimum absolute atomic E-state index is 0.00950. The number of aliphatic hydroxyl groups is 1. The smallest absolute Gasteiger partial charge is 0.305 e. The number of nitrogens with one attached hydrogen (secondary N) is 2. The van der Waals surface area contributed by atoms with Crippen molar-refractivity contribution < 1.29 is 14.6 Å². The van der Waals surface area contributed by atoms with E-state index in [2.05, 4.69) is 26.9 Å². The van der Waals surface area contributed by atoms with Gasteiger partial charge in [-0.05, 0) is 18.8 Å². The summed E-state index contributed by atoms with van der Waals surface area (Å²) in [7, 11) is 0. The van der Waals surface area contributed by atoms with E-state index in [1.54, 1.807) is 0 Å². The number of nitrogens with zero attached hydrogens (tertiary/aromatic N) is 2. The van der Waals surface area contributed by atoms with Crippen LogP contribution in [0.3, 0.4) is 0 Å². The van der Waals surface area contributed by atoms with Gasteiger partial charge in [-0.15, -0.1) is 0 Å². The number of H-pyrrole nitrogens is 2. The van der Waals surface area contributed by atoms with Crippen LogP contribution in [0.5, 0.6) is 0 Å². The van der Waals surface area contributed by atoms with Crippen molar-refractivity contribution >= 4 is 23.1 Å². The van der Waals surface area contributed by atoms with Gasteiger partial charge < -0.3 is 20.6 Å². The number of fused-ring (bicyclic) bond motifs is 1. The Morgan fingerprint density at radius 1 is 0.892 bits per heavy atom. The molecule has 0 aliphatic rings. The number of anilines is 1. The van der Waals surface area contributed by atoms with Crippen LogP contribution >= 0.6 is 0 Å². The normalized spacial score (nSPS) is 12.3. The van der Waals surface area contributed by atoms with Gasteiger partial charge in [0.05, 0.1) is 6.61 Å². The van der Waals surface area contributed by atoms with Gasteiger partial charge in [-0.2, -0.15) is 4.98 Å². The van der Waals surface area contributed by atoms with Crippen LogP contribution in [0.15, 0.2) is 4.79 Å². The summed E-state index contributed by atoms with van der Waals surface area (Å²) in [6, 6.07) is 0. The highest BCUT2D eigenvalue weighted by molar-refractivity contribution is 5.70. The molecule has 0 aliphatic carbocycles. The second-order valence-electron chi connectivity index (χ2n) is 10.3. The molecular formula is C28H49N5O4. The number of ether oxygens (including phenoxy) is 1. The minimum Gasteiger partial charge on any atom is -0.466 e. The molecule has 2 rings (SSSR count). The van der Waals surface area contributed by atoms with Crippen molar-refractivity contribution in [2.75, 3.05) is 18.9 Å². The third-order valence-electron chi connectivity index (χ3n) is 6.94. The van der Waals surface area contributed by atoms with Gasteiger partial charge in [0.15, 0.2) is 11.2 Å². The van der Waals surface area contributed by atoms with E-state index in [1.165, 1.54) is 83.5 Å². The largest absolute Gasteiger partial charge is 0.466 e. The summed E-state index contributed by atoms with van der Waals surface area (Å²) in [5, 5.41) is 9.69. The minimum atomic E-state index is -0.380. The number of esters is 1. The Bertz CT molecular complexity index is 942. The number of nitrogen functional groups attached to an aromatic ring is 1. The molecule has 9 heteroatoms. The number of unbranched alkanes of at least 4 members (excludes halogenated alkanes) is 14. The molecule has 0 spiro atoms. The summed E-state index contributed by atoms with van der Waals surface area (Å²) in [6.45, 7) is 2.45. The molecule has 5 N–H and O–H groups in total. The van der Waals surface area contributed by atoms with Gasteiger partial charge in [0.1, 0.15) is 5.82 Å². The van der Waals surface area contributed by atoms with E-state index in [0.717, 1.165) is 12.8 Å². The first kappa shape index (κ1) is 30.8. The number of aliphatic hydroxyl groups excluding tert-OH is 1. The summed E-state index contributed by atoms with van der Waals surface area (Å²) in [5.41, 5.74) is 5.68. The van der Waals surface area contributed by atoms with E-state index in [1.807, 2.05) is 0 Å². The van der Waals surface area contributed by atoms with Crippen LogP contribution in [-0.2, 0) is 16.0 Å². The summed E-state index contributed by atoms with van der Waals surface area (Å²) in [6.07, 6.45) is 20.8. The van der Waals surface area contributed by atoms with Crippen LogP contribution in [0.4, 0.5) is 5.95 Å². The molecule has 0 aliphatic heterocycles. The molecule has 0 saturated heterocycles. The fraction of sp³-hybridized carbons (Fsp3) is 0.786. The fourth-order valence-electron chi connectivity index (χ4n) is 4.65. The number of carbonyl (C=O) groups is 1. The number of imidazole rings is 1. The molecule has 0 bridgehead atoms. The zero-order chi connectivity index (χ0) is 26.7. The highest BCUT2D eigenvalue weighted by Gasteiger charge is 2.15. The fourth-order valence-corrected chi connectivity index (χ4v) is 4.65. The topological polar surface area (TPSA) is 147 Å². The van der Waals surface area contributed by atoms with E-state index in [0.29, 0.717) is 25.1 Å². The second-order valence-corrected chi connectivity index (χ2v) is 10.3. The maximum Gasteiger partial charge on any atom is 0.305 e. The van der Waals surface area contributed by atoms with Gasteiger partial charge in [0.25, 0.3) is 5.56 Å². The highest BCUT2D eigenvalue weighted by Crippen LogP contribution is 2.15. The van der Waals surface area contributed by atoms with Gasteiger partial charge in [-0.25, -0.2) is 4.98 Å². The molecular weight excluding hydrogens is 470 g/mol. The summed E-state index contributed by atoms with van der Waals surface area (Å²) < 4.78 is 5.36. The molecule has 9 nitrogen and oxygen atoms in total. The van der Waals surface area contributed by atoms with Gasteiger partial charge in [-0.1, -0.05) is 96.8 Å². The molecule has 0 radical (unpaired) electrons. The van der Waals surface area contributed by atoms with Crippen LogP contribution in [0.2, 0.25) is 0 Å². The van der Waals surface area contributed by atoms with Crippen molar-refractivity contribution in [1.82, 2.24) is 19.9 Å². The standard InChI is InChI=1S/C28H49N5O4/c1-2-3-4-5-6-7-8-9-10-11-12-13-14-15-16-17-24(35)37-19-18-22(21-34)20-23-30-25-26(31-23)32-28(29)33-27(25)36/h22,34H,2-21H2,1H3,(H4,29,30,31,32,33,36). The first-order chi connectivity index (χ1) is 18.0. The zero-order valence-electron chi connectivity index (χ0n) is 22.9. The van der Waals surface area contributed by atoms with Gasteiger partial charge in [0.2, 0.25) is 5.95 Å². The average molecular weight is 520 g/mol. The lowest BCUT2D eigenvalue weighted by Gasteiger charge is -2.12. The predicted molar refractivity (Wildman–Crippen MR) is 148 cm³/mol. The number of rotatable bonds is 22. The van der Waals surface area contributed by atoms with Crippen LogP contribution in [0, 0.1) is 5.92 Å². The Kier molecular flexibility index (Phi) is 15.6. The quantitative estimate of drug-likeness (QED) is 0.117. The number of hydrogen-bond donors (Lipinski definition) is 4. The van der Waals surface area contributed by atoms with Gasteiger partial charge in [0, 0.05) is 19.4 Å². The van der Waals surface area contributed by atoms with Gasteiger partial charge in [-0.3, -0.25) is 14.6 Å². The Labute approximate surface area is 221 Å². The van der Waals surface area contributed by atoms with Crippen molar-refractivity contribution in [3.63, 3.8) is 0 Å². The first-order valence-corrected chi connectivity index (χ1v) is 14.5. The molecule has 0 saturated carbocycles. The maximum absolute atomic E-state index is 12.0. The molecule has 37 heavy (non-hydrogen) atoms. The van der Waals surface area contributed by atoms with Crippen LogP contribution < -0.4 is 11.3 Å². The number of hydrogen-bond acceptors (Lipinski definition) is 7. The monoisotopic (exact) mass is 519 g/mol. The van der Waals surface area contributed by atoms with Crippen molar-refractivity contribution in [2.45, 2.75) is 122 Å². The Hall–Kier alpha value is -2.42. The third kappa shape index (κ3) is 13.1.